The number of carbonyl (C=O) groups is 1. The lowest BCUT2D eigenvalue weighted by atomic mass is 9.73. The molecule has 1 aromatic heterocycles. The van der Waals surface area contributed by atoms with Crippen molar-refractivity contribution in [1.82, 2.24) is 4.98 Å². The molecule has 0 saturated heterocycles. The zero-order chi connectivity index (χ0) is 15.3. The zero-order valence-electron chi connectivity index (χ0n) is 12.5. The van der Waals surface area contributed by atoms with Gasteiger partial charge >= 0.3 is 0 Å². The van der Waals surface area contributed by atoms with Crippen LogP contribution in [-0.4, -0.2) is 21.1 Å². The number of aromatic nitrogens is 1. The molecule has 3 unspecified atom stereocenters. The van der Waals surface area contributed by atoms with Crippen molar-refractivity contribution in [2.45, 2.75) is 37.9 Å². The first-order valence-corrected chi connectivity index (χ1v) is 9.90. The number of rotatable bonds is 5. The first kappa shape index (κ1) is 15.0. The van der Waals surface area contributed by atoms with E-state index in [1.54, 1.807) is 12.3 Å². The van der Waals surface area contributed by atoms with Crippen molar-refractivity contribution in [2.24, 2.45) is 23.2 Å². The molecule has 22 heavy (non-hydrogen) atoms. The summed E-state index contributed by atoms with van der Waals surface area (Å²) in [6.07, 6.45) is 7.56. The number of hydrogen-bond acceptors (Lipinski definition) is 3. The molecule has 118 valence electrons. The number of halogens is 1. The van der Waals surface area contributed by atoms with E-state index in [1.165, 1.54) is 19.3 Å². The second-order valence-electron chi connectivity index (χ2n) is 7.34. The van der Waals surface area contributed by atoms with Gasteiger partial charge in [-0.15, -0.1) is 0 Å². The van der Waals surface area contributed by atoms with Crippen molar-refractivity contribution in [3.8, 4) is 0 Å². The first-order valence-electron chi connectivity index (χ1n) is 8.04. The Morgan fingerprint density at radius 2 is 2.05 bits per heavy atom. The van der Waals surface area contributed by atoms with Crippen molar-refractivity contribution in [3.05, 3.63) is 29.0 Å². The van der Waals surface area contributed by atoms with Crippen LogP contribution in [0.25, 0.3) is 0 Å². The van der Waals surface area contributed by atoms with Crippen molar-refractivity contribution in [1.29, 1.82) is 0 Å². The lowest BCUT2D eigenvalue weighted by molar-refractivity contribution is -0.127. The molecule has 0 aliphatic heterocycles. The molecule has 4 aliphatic rings. The van der Waals surface area contributed by atoms with Gasteiger partial charge in [-0.3, -0.25) is 4.79 Å². The lowest BCUT2D eigenvalue weighted by Crippen LogP contribution is -2.37. The normalized spacial score (nSPS) is 36.7. The molecule has 4 saturated carbocycles. The topological polar surface area (TPSA) is 53.0 Å². The largest absolute Gasteiger partial charge is 0.616 e. The van der Waals surface area contributed by atoms with Gasteiger partial charge in [-0.2, -0.15) is 0 Å². The number of hydrogen-bond donors (Lipinski definition) is 0. The summed E-state index contributed by atoms with van der Waals surface area (Å²) >= 11 is 4.61. The fourth-order valence-electron chi connectivity index (χ4n) is 5.27. The summed E-state index contributed by atoms with van der Waals surface area (Å²) in [5.74, 6) is 2.97. The summed E-state index contributed by atoms with van der Waals surface area (Å²) in [7, 11) is 0. The van der Waals surface area contributed by atoms with Crippen LogP contribution in [-0.2, 0) is 21.7 Å². The molecule has 4 bridgehead atoms. The summed E-state index contributed by atoms with van der Waals surface area (Å²) in [6.45, 7) is 0. The average molecular weight is 338 g/mol. The quantitative estimate of drug-likeness (QED) is 0.611. The fourth-order valence-corrected chi connectivity index (χ4v) is 6.61. The van der Waals surface area contributed by atoms with Crippen LogP contribution in [0.5, 0.6) is 0 Å². The Balaban J connectivity index is 1.41. The van der Waals surface area contributed by atoms with E-state index in [1.807, 2.05) is 6.07 Å². The van der Waals surface area contributed by atoms with Gasteiger partial charge in [0.15, 0.2) is 11.5 Å². The molecule has 0 radical (unpaired) electrons. The highest BCUT2D eigenvalue weighted by Gasteiger charge is 2.61. The van der Waals surface area contributed by atoms with Gasteiger partial charge in [-0.05, 0) is 73.2 Å². The van der Waals surface area contributed by atoms with Crippen LogP contribution in [0.2, 0.25) is 5.15 Å². The monoisotopic (exact) mass is 337 g/mol. The van der Waals surface area contributed by atoms with Crippen LogP contribution in [0, 0.1) is 23.2 Å². The SMILES string of the molecule is O=C(C[S+]([O-])Cc1ccc(Cl)nc1)C12CC3CC(CC1C3)C2. The zero-order valence-corrected chi connectivity index (χ0v) is 14.0. The molecule has 3 nitrogen and oxygen atoms in total. The Bertz CT molecular complexity index is 577. The Morgan fingerprint density at radius 3 is 2.68 bits per heavy atom. The molecule has 3 atom stereocenters. The third kappa shape index (κ3) is 2.49. The molecule has 1 aromatic rings. The maximum atomic E-state index is 12.8. The van der Waals surface area contributed by atoms with Gasteiger partial charge in [0.05, 0.1) is 0 Å². The summed E-state index contributed by atoms with van der Waals surface area (Å²) in [5, 5.41) is 0.434. The molecular weight excluding hydrogens is 318 g/mol. The fraction of sp³-hybridized carbons (Fsp3) is 0.647. The predicted molar refractivity (Wildman–Crippen MR) is 87.0 cm³/mol. The van der Waals surface area contributed by atoms with Gasteiger partial charge in [-0.1, -0.05) is 11.6 Å². The predicted octanol–water partition coefficient (Wildman–Crippen LogP) is 3.38. The van der Waals surface area contributed by atoms with Crippen LogP contribution in [0.4, 0.5) is 0 Å². The van der Waals surface area contributed by atoms with Crippen LogP contribution in [0.1, 0.15) is 37.7 Å². The number of ketones is 1. The van der Waals surface area contributed by atoms with E-state index in [2.05, 4.69) is 4.98 Å². The van der Waals surface area contributed by atoms with Gasteiger partial charge in [0.25, 0.3) is 0 Å². The molecule has 1 heterocycles. The van der Waals surface area contributed by atoms with E-state index in [0.29, 0.717) is 16.8 Å². The standard InChI is InChI=1S/C17H20ClNO2S/c18-16-2-1-11(8-19-16)9-22(21)10-15(20)17-6-12-3-13(7-17)5-14(17)4-12/h1-2,8,12-14H,3-7,9-10H2. The van der Waals surface area contributed by atoms with Gasteiger partial charge in [0.1, 0.15) is 10.9 Å². The van der Waals surface area contributed by atoms with E-state index >= 15 is 0 Å². The van der Waals surface area contributed by atoms with Crippen LogP contribution < -0.4 is 0 Å². The molecule has 4 aliphatic carbocycles. The van der Waals surface area contributed by atoms with E-state index in [-0.39, 0.29) is 17.0 Å². The second kappa shape index (κ2) is 5.50. The van der Waals surface area contributed by atoms with Gasteiger partial charge in [-0.25, -0.2) is 4.98 Å². The Hall–Kier alpha value is -0.580. The summed E-state index contributed by atoms with van der Waals surface area (Å²) in [6, 6.07) is 3.53. The maximum Gasteiger partial charge on any atom is 0.188 e. The van der Waals surface area contributed by atoms with E-state index in [4.69, 9.17) is 11.6 Å². The second-order valence-corrected chi connectivity index (χ2v) is 9.19. The Kier molecular flexibility index (Phi) is 3.74. The minimum absolute atomic E-state index is 0.110. The average Bonchev–Trinajstić information content (AvgIpc) is 2.87. The third-order valence-electron chi connectivity index (χ3n) is 5.95. The summed E-state index contributed by atoms with van der Waals surface area (Å²) in [4.78, 5) is 16.8. The smallest absolute Gasteiger partial charge is 0.188 e. The molecular formula is C17H20ClNO2S. The van der Waals surface area contributed by atoms with E-state index in [0.717, 1.165) is 30.2 Å². The maximum absolute atomic E-state index is 12.8. The van der Waals surface area contributed by atoms with Crippen molar-refractivity contribution < 1.29 is 9.35 Å². The molecule has 0 N–H and O–H groups in total. The van der Waals surface area contributed by atoms with Crippen LogP contribution in [0.3, 0.4) is 0 Å². The number of nitrogens with zero attached hydrogens (tertiary/aromatic N) is 1. The third-order valence-corrected chi connectivity index (χ3v) is 7.42. The van der Waals surface area contributed by atoms with Crippen molar-refractivity contribution in [2.75, 3.05) is 5.75 Å². The van der Waals surface area contributed by atoms with E-state index < -0.39 is 11.2 Å². The molecule has 0 aromatic carbocycles. The summed E-state index contributed by atoms with van der Waals surface area (Å²) in [5.41, 5.74) is 0.770. The Labute approximate surface area is 139 Å². The number of Topliss-reactive ketones (excluding diaryl/α,β-unsaturated/α-hetero) is 1. The highest BCUT2D eigenvalue weighted by Crippen LogP contribution is 2.65. The van der Waals surface area contributed by atoms with Crippen LogP contribution in [0.15, 0.2) is 18.3 Å². The van der Waals surface area contributed by atoms with Crippen molar-refractivity contribution >= 4 is 28.6 Å². The Morgan fingerprint density at radius 1 is 1.32 bits per heavy atom. The lowest BCUT2D eigenvalue weighted by Gasteiger charge is -2.31. The molecule has 0 amide bonds. The highest BCUT2D eigenvalue weighted by atomic mass is 35.5. The molecule has 5 rings (SSSR count). The molecule has 5 heteroatoms. The minimum atomic E-state index is -1.15. The first-order chi connectivity index (χ1) is 10.5. The van der Waals surface area contributed by atoms with Gasteiger partial charge in [0, 0.05) is 17.2 Å². The number of carbonyl (C=O) groups excluding carboxylic acids is 1. The summed E-state index contributed by atoms with van der Waals surface area (Å²) < 4.78 is 12.4. The van der Waals surface area contributed by atoms with E-state index in [9.17, 15) is 9.35 Å². The highest BCUT2D eigenvalue weighted by molar-refractivity contribution is 7.91. The molecule has 0 spiro atoms. The van der Waals surface area contributed by atoms with Gasteiger partial charge in [0.2, 0.25) is 0 Å². The molecule has 4 fully saturated rings. The van der Waals surface area contributed by atoms with Gasteiger partial charge < -0.3 is 4.55 Å². The minimum Gasteiger partial charge on any atom is -0.616 e. The van der Waals surface area contributed by atoms with Crippen molar-refractivity contribution in [3.63, 3.8) is 0 Å². The number of pyridine rings is 1. The van der Waals surface area contributed by atoms with Crippen LogP contribution >= 0.6 is 11.6 Å².